The Hall–Kier alpha value is -0.130. The third kappa shape index (κ3) is 4.95. The van der Waals surface area contributed by atoms with E-state index in [9.17, 15) is 13.5 Å². The second kappa shape index (κ2) is 4.80. The van der Waals surface area contributed by atoms with Crippen molar-refractivity contribution in [2.45, 2.75) is 31.3 Å². The van der Waals surface area contributed by atoms with Crippen molar-refractivity contribution in [3.05, 3.63) is 0 Å². The fraction of sp³-hybridized carbons (Fsp3) is 1.00. The zero-order chi connectivity index (χ0) is 11.5. The van der Waals surface area contributed by atoms with Crippen molar-refractivity contribution < 1.29 is 13.5 Å². The molecule has 0 aromatic heterocycles. The molecule has 0 bridgehead atoms. The lowest BCUT2D eigenvalue weighted by Crippen LogP contribution is -2.42. The highest BCUT2D eigenvalue weighted by Gasteiger charge is 2.30. The van der Waals surface area contributed by atoms with Gasteiger partial charge in [0.15, 0.2) is 0 Å². The van der Waals surface area contributed by atoms with E-state index in [1.165, 1.54) is 6.26 Å². The van der Waals surface area contributed by atoms with Gasteiger partial charge in [-0.1, -0.05) is 0 Å². The smallest absolute Gasteiger partial charge is 0.147 e. The molecule has 1 fully saturated rings. The molecular weight excluding hydrogens is 214 g/mol. The van der Waals surface area contributed by atoms with E-state index in [0.717, 1.165) is 25.9 Å². The van der Waals surface area contributed by atoms with Gasteiger partial charge in [-0.3, -0.25) is 0 Å². The van der Waals surface area contributed by atoms with Crippen molar-refractivity contribution in [2.24, 2.45) is 0 Å². The van der Waals surface area contributed by atoms with Gasteiger partial charge in [0.25, 0.3) is 0 Å². The molecule has 0 saturated carbocycles. The number of piperidine rings is 1. The van der Waals surface area contributed by atoms with Crippen LogP contribution in [0.3, 0.4) is 0 Å². The second-order valence-electron chi connectivity index (χ2n) is 4.76. The van der Waals surface area contributed by atoms with Gasteiger partial charge in [0.05, 0.1) is 5.60 Å². The summed E-state index contributed by atoms with van der Waals surface area (Å²) in [4.78, 5) is 2.19. The summed E-state index contributed by atoms with van der Waals surface area (Å²) in [5.41, 5.74) is -0.628. The molecule has 4 nitrogen and oxygen atoms in total. The number of aliphatic hydroxyl groups is 1. The molecule has 1 rings (SSSR count). The van der Waals surface area contributed by atoms with E-state index < -0.39 is 15.4 Å². The first-order valence-electron chi connectivity index (χ1n) is 5.39. The number of hydrogen-bond donors (Lipinski definition) is 1. The molecule has 1 aliphatic rings. The van der Waals surface area contributed by atoms with E-state index in [1.54, 1.807) is 0 Å². The van der Waals surface area contributed by atoms with Gasteiger partial charge in [-0.05, 0) is 32.7 Å². The van der Waals surface area contributed by atoms with Gasteiger partial charge in [0.1, 0.15) is 9.84 Å². The van der Waals surface area contributed by atoms with Crippen LogP contribution in [0.1, 0.15) is 25.7 Å². The van der Waals surface area contributed by atoms with Crippen LogP contribution in [0, 0.1) is 0 Å². The molecule has 0 aromatic rings. The molecule has 0 unspecified atom stereocenters. The molecular formula is C10H21NO3S. The molecule has 0 amide bonds. The Labute approximate surface area is 92.2 Å². The fourth-order valence-electron chi connectivity index (χ4n) is 1.95. The monoisotopic (exact) mass is 235 g/mol. The third-order valence-corrected chi connectivity index (χ3v) is 4.11. The van der Waals surface area contributed by atoms with Crippen LogP contribution in [0.15, 0.2) is 0 Å². The van der Waals surface area contributed by atoms with E-state index in [0.29, 0.717) is 12.8 Å². The van der Waals surface area contributed by atoms with Crippen LogP contribution < -0.4 is 0 Å². The maximum atomic E-state index is 10.9. The van der Waals surface area contributed by atoms with Crippen molar-refractivity contribution in [2.75, 3.05) is 32.1 Å². The summed E-state index contributed by atoms with van der Waals surface area (Å²) in [6, 6.07) is 0. The molecule has 0 aliphatic carbocycles. The number of likely N-dealkylation sites (tertiary alicyclic amines) is 1. The Morgan fingerprint density at radius 3 is 2.33 bits per heavy atom. The summed E-state index contributed by atoms with van der Waals surface area (Å²) in [6.45, 7) is 1.80. The molecule has 0 atom stereocenters. The van der Waals surface area contributed by atoms with Crippen LogP contribution >= 0.6 is 0 Å². The summed E-state index contributed by atoms with van der Waals surface area (Å²) in [6.07, 6.45) is 3.93. The highest BCUT2D eigenvalue weighted by Crippen LogP contribution is 2.26. The lowest BCUT2D eigenvalue weighted by atomic mass is 9.87. The molecule has 90 valence electrons. The van der Waals surface area contributed by atoms with E-state index in [2.05, 4.69) is 4.90 Å². The van der Waals surface area contributed by atoms with Gasteiger partial charge in [0, 0.05) is 25.1 Å². The minimum atomic E-state index is -2.88. The molecule has 0 aromatic carbocycles. The Bertz CT molecular complexity index is 292. The predicted octanol–water partition coefficient (Wildman–Crippen LogP) is 0.268. The minimum Gasteiger partial charge on any atom is -0.390 e. The van der Waals surface area contributed by atoms with E-state index in [4.69, 9.17) is 0 Å². The van der Waals surface area contributed by atoms with Gasteiger partial charge < -0.3 is 10.0 Å². The molecule has 1 saturated heterocycles. The van der Waals surface area contributed by atoms with E-state index in [1.807, 2.05) is 7.05 Å². The average molecular weight is 235 g/mol. The van der Waals surface area contributed by atoms with Crippen molar-refractivity contribution in [3.8, 4) is 0 Å². The van der Waals surface area contributed by atoms with Gasteiger partial charge in [-0.15, -0.1) is 0 Å². The van der Waals surface area contributed by atoms with Crippen LogP contribution in [0.5, 0.6) is 0 Å². The van der Waals surface area contributed by atoms with Gasteiger partial charge in [-0.2, -0.15) is 0 Å². The predicted molar refractivity (Wildman–Crippen MR) is 60.6 cm³/mol. The van der Waals surface area contributed by atoms with Crippen LogP contribution in [0.25, 0.3) is 0 Å². The Morgan fingerprint density at radius 2 is 1.87 bits per heavy atom. The maximum Gasteiger partial charge on any atom is 0.147 e. The van der Waals surface area contributed by atoms with Crippen molar-refractivity contribution in [3.63, 3.8) is 0 Å². The summed E-state index contributed by atoms with van der Waals surface area (Å²) < 4.78 is 21.9. The van der Waals surface area contributed by atoms with Crippen LogP contribution in [0.2, 0.25) is 0 Å². The second-order valence-corrected chi connectivity index (χ2v) is 7.02. The summed E-state index contributed by atoms with van der Waals surface area (Å²) in [5, 5.41) is 10.2. The zero-order valence-electron chi connectivity index (χ0n) is 9.57. The number of hydrogen-bond acceptors (Lipinski definition) is 4. The summed E-state index contributed by atoms with van der Waals surface area (Å²) in [7, 11) is -0.846. The van der Waals surface area contributed by atoms with Crippen molar-refractivity contribution in [1.29, 1.82) is 0 Å². The molecule has 1 heterocycles. The van der Waals surface area contributed by atoms with Crippen LogP contribution in [-0.4, -0.2) is 56.2 Å². The highest BCUT2D eigenvalue weighted by atomic mass is 32.2. The summed E-state index contributed by atoms with van der Waals surface area (Å²) in [5.74, 6) is 0.186. The Balaban J connectivity index is 2.31. The first kappa shape index (κ1) is 12.9. The van der Waals surface area contributed by atoms with Gasteiger partial charge in [-0.25, -0.2) is 8.42 Å². The van der Waals surface area contributed by atoms with E-state index in [-0.39, 0.29) is 5.75 Å². The third-order valence-electron chi connectivity index (χ3n) is 3.08. The van der Waals surface area contributed by atoms with Gasteiger partial charge >= 0.3 is 0 Å². The lowest BCUT2D eigenvalue weighted by Gasteiger charge is -2.36. The van der Waals surface area contributed by atoms with Crippen molar-refractivity contribution >= 4 is 9.84 Å². The van der Waals surface area contributed by atoms with E-state index >= 15 is 0 Å². The van der Waals surface area contributed by atoms with Gasteiger partial charge in [0.2, 0.25) is 0 Å². The molecule has 0 radical (unpaired) electrons. The Morgan fingerprint density at radius 1 is 1.33 bits per heavy atom. The number of rotatable bonds is 4. The van der Waals surface area contributed by atoms with Crippen LogP contribution in [-0.2, 0) is 9.84 Å². The SMILES string of the molecule is CN1CCC(O)(CCCS(C)(=O)=O)CC1. The summed E-state index contributed by atoms with van der Waals surface area (Å²) >= 11 is 0. The number of nitrogens with zero attached hydrogens (tertiary/aromatic N) is 1. The maximum absolute atomic E-state index is 10.9. The fourth-order valence-corrected chi connectivity index (χ4v) is 2.62. The normalized spacial score (nSPS) is 22.9. The first-order valence-corrected chi connectivity index (χ1v) is 7.45. The molecule has 1 N–H and O–H groups in total. The first-order chi connectivity index (χ1) is 6.81. The largest absolute Gasteiger partial charge is 0.390 e. The quantitative estimate of drug-likeness (QED) is 0.760. The molecule has 15 heavy (non-hydrogen) atoms. The Kier molecular flexibility index (Phi) is 4.14. The topological polar surface area (TPSA) is 57.6 Å². The average Bonchev–Trinajstić information content (AvgIpc) is 2.09. The standard InChI is InChI=1S/C10H21NO3S/c1-11-7-5-10(12,6-8-11)4-3-9-15(2,13)14/h12H,3-9H2,1-2H3. The van der Waals surface area contributed by atoms with Crippen LogP contribution in [0.4, 0.5) is 0 Å². The molecule has 5 heteroatoms. The van der Waals surface area contributed by atoms with Crippen molar-refractivity contribution in [1.82, 2.24) is 4.90 Å². The molecule has 0 spiro atoms. The minimum absolute atomic E-state index is 0.186. The highest BCUT2D eigenvalue weighted by molar-refractivity contribution is 7.90. The lowest BCUT2D eigenvalue weighted by molar-refractivity contribution is -0.0225. The zero-order valence-corrected chi connectivity index (χ0v) is 10.4. The number of sulfone groups is 1. The molecule has 1 aliphatic heterocycles.